The van der Waals surface area contributed by atoms with Crippen molar-refractivity contribution >= 4 is 34.5 Å². The van der Waals surface area contributed by atoms with Gasteiger partial charge in [-0.15, -0.1) is 0 Å². The number of pyridine rings is 1. The molecule has 2 aromatic rings. The Balaban J connectivity index is 1.61. The zero-order valence-electron chi connectivity index (χ0n) is 18.3. The molecule has 3 rings (SSSR count). The van der Waals surface area contributed by atoms with Crippen LogP contribution >= 0.6 is 11.9 Å². The third-order valence-corrected chi connectivity index (χ3v) is 5.94. The van der Waals surface area contributed by atoms with E-state index in [4.69, 9.17) is 9.47 Å². The van der Waals surface area contributed by atoms with E-state index in [1.807, 2.05) is 11.8 Å². The van der Waals surface area contributed by atoms with Crippen LogP contribution in [0.4, 0.5) is 16.2 Å². The highest BCUT2D eigenvalue weighted by atomic mass is 32.2. The van der Waals surface area contributed by atoms with Crippen LogP contribution in [0.5, 0.6) is 5.88 Å². The number of esters is 1. The molecule has 0 aliphatic carbocycles. The Morgan fingerprint density at radius 1 is 1.13 bits per heavy atom. The number of hydrogen-bond donors (Lipinski definition) is 1. The molecule has 0 radical (unpaired) electrons. The third kappa shape index (κ3) is 5.41. The maximum absolute atomic E-state index is 12.7. The van der Waals surface area contributed by atoms with Crippen molar-refractivity contribution in [3.05, 3.63) is 47.2 Å². The molecule has 0 atom stereocenters. The van der Waals surface area contributed by atoms with Crippen molar-refractivity contribution in [2.45, 2.75) is 20.3 Å². The fraction of sp³-hybridized carbons (Fsp3) is 0.409. The zero-order chi connectivity index (χ0) is 22.4. The lowest BCUT2D eigenvalue weighted by Crippen LogP contribution is -2.47. The summed E-state index contributed by atoms with van der Waals surface area (Å²) in [5, 5.41) is -0.0928. The molecular formula is C22H28N4O4S. The lowest BCUT2D eigenvalue weighted by molar-refractivity contribution is 0.0599. The van der Waals surface area contributed by atoms with Gasteiger partial charge < -0.3 is 24.0 Å². The quantitative estimate of drug-likeness (QED) is 0.533. The highest BCUT2D eigenvalue weighted by Gasteiger charge is 2.23. The standard InChI is InChI=1S/C22H28N4O4S/c1-5-18-17(21(27)30-4)14-19(20(23-18)29-3)24-31-22(28)26-12-10-25(11-13-26)16-8-6-15(2)7-9-16/h6-9,14,24H,5,10-13H2,1-4H3. The molecule has 2 heterocycles. The minimum absolute atomic E-state index is 0.0928. The highest BCUT2D eigenvalue weighted by Crippen LogP contribution is 2.29. The molecule has 0 spiro atoms. The Hall–Kier alpha value is -2.94. The zero-order valence-corrected chi connectivity index (χ0v) is 19.1. The first-order valence-corrected chi connectivity index (χ1v) is 11.0. The second-order valence-electron chi connectivity index (χ2n) is 7.16. The molecule has 166 valence electrons. The van der Waals surface area contributed by atoms with E-state index in [-0.39, 0.29) is 5.24 Å². The van der Waals surface area contributed by atoms with Crippen molar-refractivity contribution in [1.82, 2.24) is 9.88 Å². The summed E-state index contributed by atoms with van der Waals surface area (Å²) in [6, 6.07) is 10.0. The van der Waals surface area contributed by atoms with Gasteiger partial charge in [0.25, 0.3) is 0 Å². The van der Waals surface area contributed by atoms with E-state index in [2.05, 4.69) is 45.8 Å². The summed E-state index contributed by atoms with van der Waals surface area (Å²) in [6.45, 7) is 6.79. The Morgan fingerprint density at radius 3 is 2.39 bits per heavy atom. The van der Waals surface area contributed by atoms with Crippen LogP contribution in [-0.4, -0.2) is 61.5 Å². The number of anilines is 2. The number of rotatable bonds is 6. The first kappa shape index (κ1) is 22.7. The average Bonchev–Trinajstić information content (AvgIpc) is 2.82. The molecule has 0 saturated carbocycles. The SMILES string of the molecule is CCc1nc(OC)c(NSC(=O)N2CCN(c3ccc(C)cc3)CC2)cc1C(=O)OC. The molecule has 0 bridgehead atoms. The van der Waals surface area contributed by atoms with Crippen LogP contribution < -0.4 is 14.4 Å². The van der Waals surface area contributed by atoms with Crippen LogP contribution in [0.1, 0.15) is 28.5 Å². The predicted octanol–water partition coefficient (Wildman–Crippen LogP) is 3.75. The lowest BCUT2D eigenvalue weighted by atomic mass is 10.1. The smallest absolute Gasteiger partial charge is 0.339 e. The molecule has 1 aliphatic heterocycles. The number of methoxy groups -OCH3 is 2. The minimum Gasteiger partial charge on any atom is -0.479 e. The fourth-order valence-electron chi connectivity index (χ4n) is 3.38. The highest BCUT2D eigenvalue weighted by molar-refractivity contribution is 8.14. The molecule has 8 nitrogen and oxygen atoms in total. The predicted molar refractivity (Wildman–Crippen MR) is 123 cm³/mol. The number of ether oxygens (including phenoxy) is 2. The maximum Gasteiger partial charge on any atom is 0.339 e. The lowest BCUT2D eigenvalue weighted by Gasteiger charge is -2.35. The van der Waals surface area contributed by atoms with Crippen LogP contribution in [0.15, 0.2) is 30.3 Å². The van der Waals surface area contributed by atoms with Gasteiger partial charge in [-0.1, -0.05) is 24.6 Å². The van der Waals surface area contributed by atoms with Crippen LogP contribution in [-0.2, 0) is 11.2 Å². The molecule has 1 amide bonds. The molecule has 1 aromatic heterocycles. The maximum atomic E-state index is 12.7. The number of nitrogens with zero attached hydrogens (tertiary/aromatic N) is 3. The molecule has 0 unspecified atom stereocenters. The van der Waals surface area contributed by atoms with Crippen LogP contribution in [0.2, 0.25) is 0 Å². The van der Waals surface area contributed by atoms with Crippen molar-refractivity contribution in [2.24, 2.45) is 0 Å². The average molecular weight is 445 g/mol. The summed E-state index contributed by atoms with van der Waals surface area (Å²) < 4.78 is 13.2. The van der Waals surface area contributed by atoms with Crippen molar-refractivity contribution in [3.63, 3.8) is 0 Å². The summed E-state index contributed by atoms with van der Waals surface area (Å²) in [5.74, 6) is -0.146. The number of carbonyl (C=O) groups excluding carboxylic acids is 2. The Labute approximate surface area is 187 Å². The number of aromatic nitrogens is 1. The van der Waals surface area contributed by atoms with Gasteiger partial charge >= 0.3 is 11.2 Å². The topological polar surface area (TPSA) is 84.0 Å². The number of nitrogens with one attached hydrogen (secondary N) is 1. The van der Waals surface area contributed by atoms with E-state index in [0.29, 0.717) is 42.3 Å². The van der Waals surface area contributed by atoms with E-state index < -0.39 is 5.97 Å². The van der Waals surface area contributed by atoms with E-state index in [0.717, 1.165) is 25.0 Å². The van der Waals surface area contributed by atoms with Crippen LogP contribution in [0.25, 0.3) is 0 Å². The third-order valence-electron chi connectivity index (χ3n) is 5.19. The molecule has 9 heteroatoms. The summed E-state index contributed by atoms with van der Waals surface area (Å²) in [7, 11) is 2.83. The number of benzene rings is 1. The largest absolute Gasteiger partial charge is 0.479 e. The Bertz CT molecular complexity index is 928. The summed E-state index contributed by atoms with van der Waals surface area (Å²) in [5.41, 5.74) is 3.79. The molecule has 1 aromatic carbocycles. The van der Waals surface area contributed by atoms with Crippen LogP contribution in [0, 0.1) is 6.92 Å². The van der Waals surface area contributed by atoms with Gasteiger partial charge in [0.15, 0.2) is 0 Å². The number of carbonyl (C=O) groups is 2. The van der Waals surface area contributed by atoms with Gasteiger partial charge in [-0.05, 0) is 31.5 Å². The summed E-state index contributed by atoms with van der Waals surface area (Å²) >= 11 is 0.952. The molecule has 1 fully saturated rings. The van der Waals surface area contributed by atoms with Crippen molar-refractivity contribution in [2.75, 3.05) is 50.0 Å². The van der Waals surface area contributed by atoms with Gasteiger partial charge in [-0.25, -0.2) is 9.78 Å². The van der Waals surface area contributed by atoms with Crippen molar-refractivity contribution < 1.29 is 19.1 Å². The second kappa shape index (κ2) is 10.4. The van der Waals surface area contributed by atoms with E-state index in [1.165, 1.54) is 25.5 Å². The first-order chi connectivity index (χ1) is 15.0. The van der Waals surface area contributed by atoms with Gasteiger partial charge in [0, 0.05) is 43.8 Å². The summed E-state index contributed by atoms with van der Waals surface area (Å²) in [6.07, 6.45) is 0.554. The van der Waals surface area contributed by atoms with Gasteiger partial charge in [-0.3, -0.25) is 4.79 Å². The summed E-state index contributed by atoms with van der Waals surface area (Å²) in [4.78, 5) is 33.3. The number of piperazine rings is 1. The fourth-order valence-corrected chi connectivity index (χ4v) is 4.04. The van der Waals surface area contributed by atoms with E-state index >= 15 is 0 Å². The number of amides is 1. The van der Waals surface area contributed by atoms with Gasteiger partial charge in [-0.2, -0.15) is 0 Å². The normalized spacial score (nSPS) is 13.7. The Morgan fingerprint density at radius 2 is 1.81 bits per heavy atom. The first-order valence-electron chi connectivity index (χ1n) is 10.2. The number of aryl methyl sites for hydroxylation is 2. The number of hydrogen-bond acceptors (Lipinski definition) is 8. The van der Waals surface area contributed by atoms with Crippen LogP contribution in [0.3, 0.4) is 0 Å². The molecule has 1 N–H and O–H groups in total. The minimum atomic E-state index is -0.474. The van der Waals surface area contributed by atoms with Gasteiger partial charge in [0.1, 0.15) is 5.69 Å². The van der Waals surface area contributed by atoms with Gasteiger partial charge in [0.2, 0.25) is 5.88 Å². The molecule has 31 heavy (non-hydrogen) atoms. The molecule has 1 aliphatic rings. The van der Waals surface area contributed by atoms with E-state index in [9.17, 15) is 9.59 Å². The monoisotopic (exact) mass is 444 g/mol. The molecule has 1 saturated heterocycles. The molecular weight excluding hydrogens is 416 g/mol. The van der Waals surface area contributed by atoms with Gasteiger partial charge in [0.05, 0.1) is 25.5 Å². The second-order valence-corrected chi connectivity index (χ2v) is 7.92. The van der Waals surface area contributed by atoms with E-state index in [1.54, 1.807) is 6.07 Å². The Kier molecular flexibility index (Phi) is 7.62. The van der Waals surface area contributed by atoms with Crippen molar-refractivity contribution in [1.29, 1.82) is 0 Å². The van der Waals surface area contributed by atoms with Crippen molar-refractivity contribution in [3.8, 4) is 5.88 Å².